The van der Waals surface area contributed by atoms with Gasteiger partial charge >= 0.3 is 0 Å². The number of aryl methyl sites for hydroxylation is 2. The summed E-state index contributed by atoms with van der Waals surface area (Å²) in [5, 5.41) is 0.961. The molecule has 0 radical (unpaired) electrons. The fourth-order valence-electron chi connectivity index (χ4n) is 6.32. The topological polar surface area (TPSA) is 121 Å². The first kappa shape index (κ1) is 32.9. The number of aromatic amines is 1. The van der Waals surface area contributed by atoms with Crippen molar-refractivity contribution in [3.8, 4) is 5.75 Å². The van der Waals surface area contributed by atoms with Crippen molar-refractivity contribution in [1.29, 1.82) is 0 Å². The molecule has 2 aromatic heterocycles. The summed E-state index contributed by atoms with van der Waals surface area (Å²) in [6, 6.07) is 14.8. The number of carbonyl (C=O) groups excluding carboxylic acids is 1. The Bertz CT molecular complexity index is 1810. The smallest absolute Gasteiger partial charge is 0.214 e. The van der Waals surface area contributed by atoms with Crippen molar-refractivity contribution in [1.82, 2.24) is 18.4 Å². The maximum absolute atomic E-state index is 13.9. The van der Waals surface area contributed by atoms with Gasteiger partial charge in [0.05, 0.1) is 64.9 Å². The number of nitrogens with two attached hydrogens (primary N) is 1. The molecule has 6 rings (SSSR count). The lowest BCUT2D eigenvalue weighted by atomic mass is 10.0. The number of rotatable bonds is 10. The first-order valence-corrected chi connectivity index (χ1v) is 16.9. The first-order chi connectivity index (χ1) is 22.8. The Labute approximate surface area is 287 Å². The van der Waals surface area contributed by atoms with Crippen LogP contribution in [-0.2, 0) is 11.3 Å². The second kappa shape index (κ2) is 14.8. The van der Waals surface area contributed by atoms with E-state index >= 15 is 0 Å². The zero-order chi connectivity index (χ0) is 32.9. The van der Waals surface area contributed by atoms with Crippen molar-refractivity contribution in [3.63, 3.8) is 0 Å². The molecular formula is C35H39FIN7O3. The molecule has 4 heterocycles. The van der Waals surface area contributed by atoms with Gasteiger partial charge in [-0.05, 0) is 74.2 Å². The van der Waals surface area contributed by atoms with E-state index < -0.39 is 5.82 Å². The van der Waals surface area contributed by atoms with Crippen molar-refractivity contribution in [2.75, 3.05) is 44.3 Å². The maximum Gasteiger partial charge on any atom is 0.214 e. The number of Topliss-reactive ketones (excluding diaryl/α,β-unsaturated/α-hetero) is 1. The number of morpholine rings is 1. The number of hydrogen-bond acceptors (Lipinski definition) is 8. The minimum absolute atomic E-state index is 0.0538. The number of nitrogens with one attached hydrogen (secondary N) is 2. The van der Waals surface area contributed by atoms with E-state index in [9.17, 15) is 9.18 Å². The highest BCUT2D eigenvalue weighted by atomic mass is 127. The number of nitrogens with zero attached hydrogens (tertiary/aromatic N) is 4. The molecule has 2 aliphatic rings. The van der Waals surface area contributed by atoms with Gasteiger partial charge < -0.3 is 28.6 Å². The van der Waals surface area contributed by atoms with Crippen molar-refractivity contribution >= 4 is 56.8 Å². The van der Waals surface area contributed by atoms with Crippen LogP contribution in [0.1, 0.15) is 40.2 Å². The number of aliphatic imine (C=N–C) groups is 1. The second-order valence-electron chi connectivity index (χ2n) is 12.0. The molecule has 10 nitrogen and oxygen atoms in total. The Morgan fingerprint density at radius 2 is 1.91 bits per heavy atom. The molecule has 2 fully saturated rings. The molecule has 0 bridgehead atoms. The number of hydrogen-bond donors (Lipinski definition) is 3. The molecule has 246 valence electrons. The summed E-state index contributed by atoms with van der Waals surface area (Å²) in [4.78, 5) is 31.1. The predicted molar refractivity (Wildman–Crippen MR) is 191 cm³/mol. The quantitative estimate of drug-likeness (QED) is 0.0458. The van der Waals surface area contributed by atoms with Crippen LogP contribution >= 0.6 is 22.9 Å². The zero-order valence-electron chi connectivity index (χ0n) is 26.6. The highest BCUT2D eigenvalue weighted by Gasteiger charge is 2.27. The number of carbonyl (C=O) groups is 1. The van der Waals surface area contributed by atoms with Gasteiger partial charge in [0.1, 0.15) is 12.4 Å². The Balaban J connectivity index is 1.16. The third-order valence-electron chi connectivity index (χ3n) is 8.86. The number of H-pyrrole nitrogens is 1. The fourth-order valence-corrected chi connectivity index (χ4v) is 6.63. The van der Waals surface area contributed by atoms with Gasteiger partial charge in [0.2, 0.25) is 5.78 Å². The monoisotopic (exact) mass is 751 g/mol. The van der Waals surface area contributed by atoms with Crippen LogP contribution in [0.25, 0.3) is 10.9 Å². The Hall–Kier alpha value is -4.01. The van der Waals surface area contributed by atoms with Gasteiger partial charge in [0.15, 0.2) is 11.6 Å². The fraction of sp³-hybridized carbons (Fsp3) is 0.343. The standard InChI is InChI=1S/C35H39FIN7O3/c1-22-16-25(21-47-33-6-4-3-5-28(33)36)39-20-31(22)42-35(38)27(19-40-37)34(45)30-17-24-15-23(2)32(18-29(24)41-30)44-9-7-26(8-10-44)43-11-13-46-14-12-43/h3-6,15-20,26,40-41H,7-14,21H2,1-2H3,(H2,38,42). The average Bonchev–Trinajstić information content (AvgIpc) is 3.50. The van der Waals surface area contributed by atoms with E-state index in [0.29, 0.717) is 23.1 Å². The summed E-state index contributed by atoms with van der Waals surface area (Å²) in [6.07, 6.45) is 5.36. The molecule has 0 unspecified atom stereocenters. The van der Waals surface area contributed by atoms with Crippen LogP contribution in [0, 0.1) is 19.7 Å². The Morgan fingerprint density at radius 3 is 2.64 bits per heavy atom. The van der Waals surface area contributed by atoms with E-state index in [2.05, 4.69) is 47.3 Å². The number of benzene rings is 2. The molecule has 0 atom stereocenters. The van der Waals surface area contributed by atoms with Crippen molar-refractivity contribution in [3.05, 3.63) is 94.8 Å². The molecule has 0 saturated carbocycles. The zero-order valence-corrected chi connectivity index (χ0v) is 28.7. The second-order valence-corrected chi connectivity index (χ2v) is 12.6. The molecule has 0 amide bonds. The van der Waals surface area contributed by atoms with Crippen LogP contribution in [0.5, 0.6) is 5.75 Å². The molecule has 4 N–H and O–H groups in total. The lowest BCUT2D eigenvalue weighted by molar-refractivity contribution is 0.0115. The van der Waals surface area contributed by atoms with Crippen LogP contribution in [0.3, 0.4) is 0 Å². The van der Waals surface area contributed by atoms with E-state index in [4.69, 9.17) is 15.2 Å². The third kappa shape index (κ3) is 7.60. The number of para-hydroxylation sites is 1. The normalized spacial score (nSPS) is 16.9. The number of ketones is 1. The van der Waals surface area contributed by atoms with Gasteiger partial charge in [-0.1, -0.05) is 12.1 Å². The van der Waals surface area contributed by atoms with Gasteiger partial charge in [-0.15, -0.1) is 0 Å². The Morgan fingerprint density at radius 1 is 1.15 bits per heavy atom. The molecule has 2 aromatic carbocycles. The van der Waals surface area contributed by atoms with E-state index in [0.717, 1.165) is 68.7 Å². The third-order valence-corrected chi connectivity index (χ3v) is 9.17. The number of aromatic nitrogens is 2. The first-order valence-electron chi connectivity index (χ1n) is 15.8. The highest BCUT2D eigenvalue weighted by molar-refractivity contribution is 14.1. The van der Waals surface area contributed by atoms with Gasteiger partial charge in [0.25, 0.3) is 0 Å². The molecule has 0 spiro atoms. The summed E-state index contributed by atoms with van der Waals surface area (Å²) in [5.41, 5.74) is 12.2. The summed E-state index contributed by atoms with van der Waals surface area (Å²) in [6.45, 7) is 9.77. The van der Waals surface area contributed by atoms with E-state index in [1.54, 1.807) is 36.7 Å². The lowest BCUT2D eigenvalue weighted by Gasteiger charge is -2.41. The number of pyridine rings is 1. The maximum atomic E-state index is 13.9. The molecule has 2 saturated heterocycles. The Kier molecular flexibility index (Phi) is 10.4. The number of halogens is 2. The van der Waals surface area contributed by atoms with Gasteiger partial charge in [-0.3, -0.25) is 14.7 Å². The van der Waals surface area contributed by atoms with Crippen LogP contribution in [0.15, 0.2) is 71.5 Å². The minimum Gasteiger partial charge on any atom is -0.484 e. The average molecular weight is 752 g/mol. The number of ether oxygens (including phenoxy) is 2. The van der Waals surface area contributed by atoms with Gasteiger partial charge in [-0.25, -0.2) is 9.38 Å². The summed E-state index contributed by atoms with van der Waals surface area (Å²) >= 11 is 1.94. The largest absolute Gasteiger partial charge is 0.484 e. The van der Waals surface area contributed by atoms with Gasteiger partial charge in [-0.2, -0.15) is 0 Å². The number of piperidine rings is 1. The van der Waals surface area contributed by atoms with E-state index in [1.807, 2.05) is 35.9 Å². The summed E-state index contributed by atoms with van der Waals surface area (Å²) in [7, 11) is 0. The van der Waals surface area contributed by atoms with Crippen molar-refractivity contribution < 1.29 is 18.7 Å². The van der Waals surface area contributed by atoms with E-state index in [1.165, 1.54) is 17.3 Å². The molecule has 47 heavy (non-hydrogen) atoms. The lowest BCUT2D eigenvalue weighted by Crippen LogP contribution is -2.49. The number of anilines is 1. The summed E-state index contributed by atoms with van der Waals surface area (Å²) < 4.78 is 27.9. The van der Waals surface area contributed by atoms with Crippen LogP contribution < -0.4 is 18.9 Å². The van der Waals surface area contributed by atoms with Gasteiger partial charge in [0, 0.05) is 55.0 Å². The minimum atomic E-state index is -0.434. The summed E-state index contributed by atoms with van der Waals surface area (Å²) in [5.74, 6) is -0.502. The number of fused-ring (bicyclic) bond motifs is 1. The molecular weight excluding hydrogens is 712 g/mol. The van der Waals surface area contributed by atoms with E-state index in [-0.39, 0.29) is 29.5 Å². The van der Waals surface area contributed by atoms with Crippen LogP contribution in [-0.4, -0.2) is 71.9 Å². The van der Waals surface area contributed by atoms with Crippen molar-refractivity contribution in [2.24, 2.45) is 10.7 Å². The molecule has 0 aliphatic carbocycles. The van der Waals surface area contributed by atoms with Crippen LogP contribution in [0.2, 0.25) is 0 Å². The van der Waals surface area contributed by atoms with Crippen molar-refractivity contribution in [2.45, 2.75) is 39.3 Å². The predicted octanol–water partition coefficient (Wildman–Crippen LogP) is 5.89. The number of amidine groups is 1. The molecule has 2 aliphatic heterocycles. The SMILES string of the molecule is Cc1cc(COc2ccccc2F)ncc1N=C(N)C(=CNI)C(=O)c1cc2cc(C)c(N3CCC(N4CCOCC4)CC3)cc2[nH]1. The van der Waals surface area contributed by atoms with Crippen LogP contribution in [0.4, 0.5) is 15.8 Å². The molecule has 12 heteroatoms. The highest BCUT2D eigenvalue weighted by Crippen LogP contribution is 2.31. The molecule has 4 aromatic rings.